The molecule has 0 aromatic carbocycles. The third kappa shape index (κ3) is 7.08. The van der Waals surface area contributed by atoms with Crippen LogP contribution in [0.3, 0.4) is 0 Å². The molecule has 1 heterocycles. The fourth-order valence-electron chi connectivity index (χ4n) is 3.24. The first-order valence-corrected chi connectivity index (χ1v) is 8.55. The van der Waals surface area contributed by atoms with Crippen LogP contribution < -0.4 is 10.6 Å². The van der Waals surface area contributed by atoms with E-state index in [1.165, 1.54) is 20.0 Å². The number of methoxy groups -OCH3 is 1. The van der Waals surface area contributed by atoms with Crippen LogP contribution in [0.1, 0.15) is 59.3 Å². The van der Waals surface area contributed by atoms with Crippen LogP contribution in [0.15, 0.2) is 0 Å². The van der Waals surface area contributed by atoms with Crippen molar-refractivity contribution in [1.29, 1.82) is 0 Å². The van der Waals surface area contributed by atoms with E-state index in [-0.39, 0.29) is 30.7 Å². The molecule has 0 bridgehead atoms. The summed E-state index contributed by atoms with van der Waals surface area (Å²) in [6.45, 7) is 8.24. The van der Waals surface area contributed by atoms with Gasteiger partial charge in [-0.3, -0.25) is 9.59 Å². The molecule has 2 unspecified atom stereocenters. The SMILES string of the molecule is CCC(CC)(CC(=O)OC)NC(=O)CC(C)C1CCCNC1.Cl. The Labute approximate surface area is 146 Å². The first-order valence-electron chi connectivity index (χ1n) is 8.55. The van der Waals surface area contributed by atoms with E-state index in [1.807, 2.05) is 13.8 Å². The van der Waals surface area contributed by atoms with Crippen molar-refractivity contribution in [3.8, 4) is 0 Å². The van der Waals surface area contributed by atoms with E-state index in [4.69, 9.17) is 4.74 Å². The number of rotatable bonds is 8. The molecule has 0 aliphatic carbocycles. The van der Waals surface area contributed by atoms with Crippen LogP contribution in [-0.4, -0.2) is 37.6 Å². The summed E-state index contributed by atoms with van der Waals surface area (Å²) in [7, 11) is 1.39. The molecule has 0 radical (unpaired) electrons. The van der Waals surface area contributed by atoms with E-state index in [0.717, 1.165) is 25.9 Å². The smallest absolute Gasteiger partial charge is 0.307 e. The van der Waals surface area contributed by atoms with Gasteiger partial charge in [-0.15, -0.1) is 12.4 Å². The number of halogens is 1. The first kappa shape index (κ1) is 22.2. The molecule has 0 aromatic heterocycles. The highest BCUT2D eigenvalue weighted by Gasteiger charge is 2.32. The van der Waals surface area contributed by atoms with E-state index in [0.29, 0.717) is 18.3 Å². The van der Waals surface area contributed by atoms with Crippen molar-refractivity contribution in [2.75, 3.05) is 20.2 Å². The highest BCUT2D eigenvalue weighted by molar-refractivity contribution is 5.85. The minimum absolute atomic E-state index is 0. The third-order valence-electron chi connectivity index (χ3n) is 5.12. The van der Waals surface area contributed by atoms with Gasteiger partial charge in [-0.25, -0.2) is 0 Å². The van der Waals surface area contributed by atoms with Crippen LogP contribution in [0.5, 0.6) is 0 Å². The lowest BCUT2D eigenvalue weighted by molar-refractivity contribution is -0.143. The van der Waals surface area contributed by atoms with Gasteiger partial charge in [0.15, 0.2) is 0 Å². The lowest BCUT2D eigenvalue weighted by Crippen LogP contribution is -2.50. The summed E-state index contributed by atoms with van der Waals surface area (Å²) in [5.74, 6) is 0.703. The van der Waals surface area contributed by atoms with E-state index in [9.17, 15) is 9.59 Å². The number of carbonyl (C=O) groups excluding carboxylic acids is 2. The molecule has 2 atom stereocenters. The van der Waals surface area contributed by atoms with Crippen molar-refractivity contribution in [1.82, 2.24) is 10.6 Å². The van der Waals surface area contributed by atoms with E-state index >= 15 is 0 Å². The van der Waals surface area contributed by atoms with E-state index < -0.39 is 5.54 Å². The lowest BCUT2D eigenvalue weighted by Gasteiger charge is -2.33. The number of hydrogen-bond donors (Lipinski definition) is 2. The van der Waals surface area contributed by atoms with Crippen LogP contribution in [0.2, 0.25) is 0 Å². The number of ether oxygens (including phenoxy) is 1. The highest BCUT2D eigenvalue weighted by atomic mass is 35.5. The predicted molar refractivity (Wildman–Crippen MR) is 94.7 cm³/mol. The van der Waals surface area contributed by atoms with Crippen molar-refractivity contribution >= 4 is 24.3 Å². The Kier molecular flexibility index (Phi) is 10.5. The molecule has 1 aliphatic heterocycles. The Bertz CT molecular complexity index is 367. The summed E-state index contributed by atoms with van der Waals surface area (Å²) in [5.41, 5.74) is -0.477. The molecule has 1 fully saturated rings. The maximum atomic E-state index is 12.4. The van der Waals surface area contributed by atoms with Gasteiger partial charge < -0.3 is 15.4 Å². The van der Waals surface area contributed by atoms with Crippen LogP contribution in [0.25, 0.3) is 0 Å². The quantitative estimate of drug-likeness (QED) is 0.662. The summed E-state index contributed by atoms with van der Waals surface area (Å²) in [5, 5.41) is 6.51. The molecule has 5 nitrogen and oxygen atoms in total. The average molecular weight is 349 g/mol. The van der Waals surface area contributed by atoms with Gasteiger partial charge in [-0.1, -0.05) is 20.8 Å². The van der Waals surface area contributed by atoms with Gasteiger partial charge in [0.1, 0.15) is 0 Å². The summed E-state index contributed by atoms with van der Waals surface area (Å²) >= 11 is 0. The van der Waals surface area contributed by atoms with Crippen LogP contribution in [0.4, 0.5) is 0 Å². The summed E-state index contributed by atoms with van der Waals surface area (Å²) < 4.78 is 4.77. The van der Waals surface area contributed by atoms with Crippen molar-refractivity contribution in [2.45, 2.75) is 64.8 Å². The molecule has 6 heteroatoms. The van der Waals surface area contributed by atoms with Crippen LogP contribution >= 0.6 is 12.4 Å². The fraction of sp³-hybridized carbons (Fsp3) is 0.882. The number of amides is 1. The van der Waals surface area contributed by atoms with Gasteiger partial charge >= 0.3 is 5.97 Å². The Balaban J connectivity index is 0.00000484. The van der Waals surface area contributed by atoms with Gasteiger partial charge in [0, 0.05) is 12.0 Å². The third-order valence-corrected chi connectivity index (χ3v) is 5.12. The molecule has 0 saturated carbocycles. The second kappa shape index (κ2) is 10.9. The van der Waals surface area contributed by atoms with E-state index in [1.54, 1.807) is 0 Å². The van der Waals surface area contributed by atoms with Crippen molar-refractivity contribution in [3.05, 3.63) is 0 Å². The molecule has 136 valence electrons. The fourth-order valence-corrected chi connectivity index (χ4v) is 3.24. The van der Waals surface area contributed by atoms with Crippen LogP contribution in [-0.2, 0) is 14.3 Å². The van der Waals surface area contributed by atoms with Crippen molar-refractivity contribution < 1.29 is 14.3 Å². The Morgan fingerprint density at radius 2 is 2.00 bits per heavy atom. The Hall–Kier alpha value is -0.810. The Morgan fingerprint density at radius 3 is 2.48 bits per heavy atom. The van der Waals surface area contributed by atoms with Gasteiger partial charge in [0.05, 0.1) is 13.5 Å². The summed E-state index contributed by atoms with van der Waals surface area (Å²) in [4.78, 5) is 24.0. The highest BCUT2D eigenvalue weighted by Crippen LogP contribution is 2.25. The second-order valence-corrected chi connectivity index (χ2v) is 6.58. The zero-order valence-corrected chi connectivity index (χ0v) is 15.8. The number of hydrogen-bond acceptors (Lipinski definition) is 4. The summed E-state index contributed by atoms with van der Waals surface area (Å²) in [6, 6.07) is 0. The molecule has 1 amide bonds. The number of esters is 1. The number of nitrogens with one attached hydrogen (secondary N) is 2. The zero-order chi connectivity index (χ0) is 16.6. The monoisotopic (exact) mass is 348 g/mol. The minimum Gasteiger partial charge on any atom is -0.469 e. The lowest BCUT2D eigenvalue weighted by atomic mass is 9.84. The molecular formula is C17H33ClN2O3. The Morgan fingerprint density at radius 1 is 1.35 bits per heavy atom. The maximum Gasteiger partial charge on any atom is 0.307 e. The molecule has 0 aromatic rings. The van der Waals surface area contributed by atoms with Gasteiger partial charge in [0.25, 0.3) is 0 Å². The van der Waals surface area contributed by atoms with Gasteiger partial charge in [-0.2, -0.15) is 0 Å². The van der Waals surface area contributed by atoms with Crippen molar-refractivity contribution in [3.63, 3.8) is 0 Å². The molecular weight excluding hydrogens is 316 g/mol. The maximum absolute atomic E-state index is 12.4. The molecule has 2 N–H and O–H groups in total. The van der Waals surface area contributed by atoms with E-state index in [2.05, 4.69) is 17.6 Å². The zero-order valence-electron chi connectivity index (χ0n) is 14.9. The molecule has 1 aliphatic rings. The largest absolute Gasteiger partial charge is 0.469 e. The number of piperidine rings is 1. The van der Waals surface area contributed by atoms with Gasteiger partial charge in [-0.05, 0) is 50.6 Å². The van der Waals surface area contributed by atoms with Crippen molar-refractivity contribution in [2.24, 2.45) is 11.8 Å². The standard InChI is InChI=1S/C17H32N2O3.ClH/c1-5-17(6-2,11-16(21)22-4)19-15(20)10-13(3)14-8-7-9-18-12-14;/h13-14,18H,5-12H2,1-4H3,(H,19,20);1H. The van der Waals surface area contributed by atoms with Gasteiger partial charge in [0.2, 0.25) is 5.91 Å². The predicted octanol–water partition coefficient (Wildman–Crippen LogP) is 2.67. The number of carbonyl (C=O) groups is 2. The molecule has 1 rings (SSSR count). The first-order chi connectivity index (χ1) is 10.5. The minimum atomic E-state index is -0.477. The normalized spacial score (nSPS) is 19.4. The second-order valence-electron chi connectivity index (χ2n) is 6.58. The van der Waals surface area contributed by atoms with Crippen LogP contribution in [0, 0.1) is 11.8 Å². The molecule has 0 spiro atoms. The molecule has 23 heavy (non-hydrogen) atoms. The summed E-state index contributed by atoms with van der Waals surface area (Å²) in [6.07, 6.45) is 4.59. The topological polar surface area (TPSA) is 67.4 Å². The average Bonchev–Trinajstić information content (AvgIpc) is 2.54. The molecule has 1 saturated heterocycles.